The predicted molar refractivity (Wildman–Crippen MR) is 105 cm³/mol. The lowest BCUT2D eigenvalue weighted by atomic mass is 9.82. The Morgan fingerprint density at radius 2 is 1.90 bits per heavy atom. The third-order valence-corrected chi connectivity index (χ3v) is 6.28. The Labute approximate surface area is 178 Å². The fourth-order valence-corrected chi connectivity index (χ4v) is 4.44. The fourth-order valence-electron chi connectivity index (χ4n) is 4.44. The highest BCUT2D eigenvalue weighted by Crippen LogP contribution is 2.50. The van der Waals surface area contributed by atoms with E-state index in [2.05, 4.69) is 5.32 Å². The SMILES string of the molecule is CC[C@@H]1C=CC(=O)[C@]2(O1)O[C@@]1(C(=O)N[C@@](OC)(C(=O)c3ccccc3)[C@@H]1O)C(=O)[C@@H]2C. The van der Waals surface area contributed by atoms with E-state index in [0.717, 1.165) is 7.11 Å². The topological polar surface area (TPSA) is 128 Å². The molecule has 2 spiro atoms. The average molecular weight is 429 g/mol. The number of methoxy groups -OCH3 is 1. The van der Waals surface area contributed by atoms with Gasteiger partial charge >= 0.3 is 0 Å². The van der Waals surface area contributed by atoms with Gasteiger partial charge in [0.2, 0.25) is 28.7 Å². The smallest absolute Gasteiger partial charge is 0.265 e. The maximum atomic E-state index is 13.4. The molecule has 6 atom stereocenters. The van der Waals surface area contributed by atoms with E-state index in [1.165, 1.54) is 25.1 Å². The van der Waals surface area contributed by atoms with E-state index in [-0.39, 0.29) is 5.56 Å². The van der Waals surface area contributed by atoms with E-state index in [9.17, 15) is 24.3 Å². The molecule has 9 nitrogen and oxygen atoms in total. The molecule has 0 bridgehead atoms. The quantitative estimate of drug-likeness (QED) is 0.517. The summed E-state index contributed by atoms with van der Waals surface area (Å²) in [7, 11) is 1.13. The minimum absolute atomic E-state index is 0.146. The van der Waals surface area contributed by atoms with Crippen molar-refractivity contribution >= 4 is 23.3 Å². The summed E-state index contributed by atoms with van der Waals surface area (Å²) in [5.74, 6) is -6.64. The first kappa shape index (κ1) is 21.5. The number of aliphatic hydroxyl groups excluding tert-OH is 1. The summed E-state index contributed by atoms with van der Waals surface area (Å²) in [4.78, 5) is 52.5. The van der Waals surface area contributed by atoms with Crippen LogP contribution in [0.15, 0.2) is 42.5 Å². The van der Waals surface area contributed by atoms with Gasteiger partial charge in [0.1, 0.15) is 0 Å². The molecule has 3 heterocycles. The monoisotopic (exact) mass is 429 g/mol. The predicted octanol–water partition coefficient (Wildman–Crippen LogP) is 0.307. The first-order valence-corrected chi connectivity index (χ1v) is 10.00. The van der Waals surface area contributed by atoms with Gasteiger partial charge < -0.3 is 24.6 Å². The molecule has 9 heteroatoms. The van der Waals surface area contributed by atoms with Crippen LogP contribution in [-0.2, 0) is 28.6 Å². The molecule has 2 saturated heterocycles. The molecule has 4 rings (SSSR count). The summed E-state index contributed by atoms with van der Waals surface area (Å²) in [6.45, 7) is 3.22. The number of Topliss-reactive ketones (excluding diaryl/α,β-unsaturated/α-hetero) is 2. The number of benzene rings is 1. The van der Waals surface area contributed by atoms with Crippen molar-refractivity contribution < 1.29 is 38.5 Å². The first-order chi connectivity index (χ1) is 14.7. The Bertz CT molecular complexity index is 990. The molecule has 3 aliphatic rings. The zero-order chi connectivity index (χ0) is 22.6. The summed E-state index contributed by atoms with van der Waals surface area (Å²) in [5, 5.41) is 13.6. The molecule has 1 aromatic rings. The molecule has 0 aromatic heterocycles. The van der Waals surface area contributed by atoms with Gasteiger partial charge in [-0.25, -0.2) is 0 Å². The molecule has 31 heavy (non-hydrogen) atoms. The Morgan fingerprint density at radius 3 is 2.52 bits per heavy atom. The van der Waals surface area contributed by atoms with Gasteiger partial charge in [0.05, 0.1) is 12.0 Å². The van der Waals surface area contributed by atoms with Gasteiger partial charge in [0, 0.05) is 12.7 Å². The van der Waals surface area contributed by atoms with Crippen molar-refractivity contribution in [2.45, 2.75) is 49.6 Å². The Hall–Kier alpha value is -2.72. The molecule has 1 amide bonds. The zero-order valence-corrected chi connectivity index (χ0v) is 17.3. The van der Waals surface area contributed by atoms with E-state index in [1.54, 1.807) is 24.3 Å². The Kier molecular flexibility index (Phi) is 4.97. The molecule has 2 N–H and O–H groups in total. The van der Waals surface area contributed by atoms with Crippen LogP contribution < -0.4 is 5.32 Å². The number of hydrogen-bond donors (Lipinski definition) is 2. The van der Waals surface area contributed by atoms with Gasteiger partial charge in [-0.05, 0) is 19.4 Å². The molecular formula is C22H23NO8. The van der Waals surface area contributed by atoms with Crippen LogP contribution in [0.4, 0.5) is 0 Å². The Balaban J connectivity index is 1.80. The molecule has 1 aromatic carbocycles. The standard InChI is InChI=1S/C22H23NO8/c1-4-14-10-11-15(24)22(30-14)12(2)16(25)20(31-22)18(27)21(29-3,23-19(20)28)17(26)13-8-6-5-7-9-13/h5-12,14,18,27H,4H2,1-3H3,(H,23,28)/t12-,14+,18+,20-,21+,22+/m0/s1. The third kappa shape index (κ3) is 2.64. The molecule has 0 unspecified atom stereocenters. The van der Waals surface area contributed by atoms with E-state index >= 15 is 0 Å². The van der Waals surface area contributed by atoms with E-state index in [1.807, 2.05) is 6.92 Å². The normalized spacial score (nSPS) is 39.5. The second kappa shape index (κ2) is 7.16. The molecule has 0 radical (unpaired) electrons. The summed E-state index contributed by atoms with van der Waals surface area (Å²) < 4.78 is 16.9. The number of rotatable bonds is 4. The number of nitrogens with one attached hydrogen (secondary N) is 1. The van der Waals surface area contributed by atoms with Crippen LogP contribution in [0.25, 0.3) is 0 Å². The number of ether oxygens (including phenoxy) is 3. The largest absolute Gasteiger partial charge is 0.383 e. The van der Waals surface area contributed by atoms with E-state index in [4.69, 9.17) is 14.2 Å². The van der Waals surface area contributed by atoms with Crippen molar-refractivity contribution in [3.8, 4) is 0 Å². The number of carbonyl (C=O) groups excluding carboxylic acids is 4. The van der Waals surface area contributed by atoms with Gasteiger partial charge in [-0.1, -0.05) is 43.3 Å². The van der Waals surface area contributed by atoms with Crippen molar-refractivity contribution in [2.75, 3.05) is 7.11 Å². The zero-order valence-electron chi connectivity index (χ0n) is 17.3. The molecule has 3 aliphatic heterocycles. The third-order valence-electron chi connectivity index (χ3n) is 6.28. The first-order valence-electron chi connectivity index (χ1n) is 10.00. The second-order valence-electron chi connectivity index (χ2n) is 7.87. The van der Waals surface area contributed by atoms with Crippen molar-refractivity contribution in [3.63, 3.8) is 0 Å². The number of hydrogen-bond acceptors (Lipinski definition) is 8. The second-order valence-corrected chi connectivity index (χ2v) is 7.87. The van der Waals surface area contributed by atoms with Gasteiger partial charge in [-0.3, -0.25) is 19.2 Å². The molecule has 0 aliphatic carbocycles. The van der Waals surface area contributed by atoms with Crippen LogP contribution >= 0.6 is 0 Å². The lowest BCUT2D eigenvalue weighted by molar-refractivity contribution is -0.270. The van der Waals surface area contributed by atoms with Crippen LogP contribution in [0.3, 0.4) is 0 Å². The average Bonchev–Trinajstić information content (AvgIpc) is 3.15. The minimum atomic E-state index is -2.54. The van der Waals surface area contributed by atoms with Crippen molar-refractivity contribution in [2.24, 2.45) is 5.92 Å². The van der Waals surface area contributed by atoms with Gasteiger partial charge in [-0.2, -0.15) is 0 Å². The van der Waals surface area contributed by atoms with Crippen molar-refractivity contribution in [3.05, 3.63) is 48.0 Å². The highest BCUT2D eigenvalue weighted by atomic mass is 16.7. The van der Waals surface area contributed by atoms with Crippen molar-refractivity contribution in [1.82, 2.24) is 5.32 Å². The summed E-state index contributed by atoms with van der Waals surface area (Å²) in [6, 6.07) is 7.88. The summed E-state index contributed by atoms with van der Waals surface area (Å²) >= 11 is 0. The van der Waals surface area contributed by atoms with Crippen LogP contribution in [0.1, 0.15) is 30.6 Å². The number of amides is 1. The summed E-state index contributed by atoms with van der Waals surface area (Å²) in [6.07, 6.45) is 0.692. The van der Waals surface area contributed by atoms with E-state index in [0.29, 0.717) is 6.42 Å². The maximum absolute atomic E-state index is 13.4. The number of aliphatic hydroxyl groups is 1. The van der Waals surface area contributed by atoms with Gasteiger partial charge in [-0.15, -0.1) is 0 Å². The fraction of sp³-hybridized carbons (Fsp3) is 0.455. The van der Waals surface area contributed by atoms with Crippen LogP contribution in [0, 0.1) is 5.92 Å². The molecule has 2 fully saturated rings. The van der Waals surface area contributed by atoms with E-state index < -0.39 is 58.5 Å². The Morgan fingerprint density at radius 1 is 1.23 bits per heavy atom. The number of ketones is 3. The minimum Gasteiger partial charge on any atom is -0.383 e. The van der Waals surface area contributed by atoms with Crippen LogP contribution in [-0.4, -0.2) is 64.8 Å². The highest BCUT2D eigenvalue weighted by molar-refractivity contribution is 6.20. The van der Waals surface area contributed by atoms with Gasteiger partial charge in [0.25, 0.3) is 5.91 Å². The molecule has 164 valence electrons. The lowest BCUT2D eigenvalue weighted by Gasteiger charge is -2.37. The molecular weight excluding hydrogens is 406 g/mol. The van der Waals surface area contributed by atoms with Crippen LogP contribution in [0.2, 0.25) is 0 Å². The summed E-state index contributed by atoms with van der Waals surface area (Å²) in [5.41, 5.74) is -4.68. The number of carbonyl (C=O) groups is 4. The maximum Gasteiger partial charge on any atom is 0.265 e. The van der Waals surface area contributed by atoms with Crippen LogP contribution in [0.5, 0.6) is 0 Å². The molecule has 0 saturated carbocycles. The van der Waals surface area contributed by atoms with Crippen molar-refractivity contribution in [1.29, 1.82) is 0 Å². The highest BCUT2D eigenvalue weighted by Gasteiger charge is 2.79. The lowest BCUT2D eigenvalue weighted by Crippen LogP contribution is -2.61. The van der Waals surface area contributed by atoms with Gasteiger partial charge in [0.15, 0.2) is 11.9 Å².